The molecule has 2 aromatic rings. The van der Waals surface area contributed by atoms with Crippen LogP contribution in [0.2, 0.25) is 5.15 Å². The maximum absolute atomic E-state index is 12.5. The predicted octanol–water partition coefficient (Wildman–Crippen LogP) is 4.25. The molecule has 1 aliphatic heterocycles. The number of halogens is 1. The molecule has 1 aliphatic rings. The highest BCUT2D eigenvalue weighted by Gasteiger charge is 2.37. The molecule has 0 fully saturated rings. The SMILES string of the molecule is CC(=O)C1=C(C)NC(C)=C(C(C)=O)C1c1c(C)nn(-c2ccccc2)c1Cl. The summed E-state index contributed by atoms with van der Waals surface area (Å²) in [7, 11) is 0. The molecule has 0 bridgehead atoms. The maximum Gasteiger partial charge on any atom is 0.158 e. The van der Waals surface area contributed by atoms with E-state index in [4.69, 9.17) is 11.6 Å². The van der Waals surface area contributed by atoms with Crippen molar-refractivity contribution in [3.63, 3.8) is 0 Å². The lowest BCUT2D eigenvalue weighted by Crippen LogP contribution is -2.30. The van der Waals surface area contributed by atoms with E-state index in [1.165, 1.54) is 13.8 Å². The number of aromatic nitrogens is 2. The molecule has 1 aromatic heterocycles. The topological polar surface area (TPSA) is 64.0 Å². The van der Waals surface area contributed by atoms with Crippen molar-refractivity contribution in [1.82, 2.24) is 15.1 Å². The van der Waals surface area contributed by atoms with E-state index in [1.54, 1.807) is 4.68 Å². The van der Waals surface area contributed by atoms with E-state index in [1.807, 2.05) is 51.1 Å². The maximum atomic E-state index is 12.5. The van der Waals surface area contributed by atoms with Crippen LogP contribution in [0.4, 0.5) is 0 Å². The number of rotatable bonds is 4. The van der Waals surface area contributed by atoms with E-state index >= 15 is 0 Å². The number of carbonyl (C=O) groups excluding carboxylic acids is 2. The molecule has 0 saturated heterocycles. The molecule has 1 aromatic carbocycles. The van der Waals surface area contributed by atoms with E-state index in [0.717, 1.165) is 17.1 Å². The molecule has 2 heterocycles. The number of nitrogens with zero attached hydrogens (tertiary/aromatic N) is 2. The van der Waals surface area contributed by atoms with Gasteiger partial charge in [-0.1, -0.05) is 29.8 Å². The summed E-state index contributed by atoms with van der Waals surface area (Å²) >= 11 is 6.75. The summed E-state index contributed by atoms with van der Waals surface area (Å²) in [4.78, 5) is 24.9. The number of ketones is 2. The third-order valence-electron chi connectivity index (χ3n) is 4.86. The molecule has 0 radical (unpaired) electrons. The molecule has 0 spiro atoms. The van der Waals surface area contributed by atoms with Gasteiger partial charge in [-0.25, -0.2) is 4.68 Å². The fourth-order valence-electron chi connectivity index (χ4n) is 3.80. The second-order valence-electron chi connectivity index (χ2n) is 6.78. The first-order valence-corrected chi connectivity index (χ1v) is 9.12. The lowest BCUT2D eigenvalue weighted by molar-refractivity contribution is -0.114. The van der Waals surface area contributed by atoms with Crippen LogP contribution in [0.1, 0.15) is 44.9 Å². The summed E-state index contributed by atoms with van der Waals surface area (Å²) in [6.45, 7) is 8.56. The van der Waals surface area contributed by atoms with Crippen LogP contribution in [-0.4, -0.2) is 21.3 Å². The first-order valence-electron chi connectivity index (χ1n) is 8.74. The van der Waals surface area contributed by atoms with Gasteiger partial charge in [-0.05, 0) is 46.8 Å². The molecular weight excluding hydrogens is 362 g/mol. The minimum Gasteiger partial charge on any atom is -0.362 e. The summed E-state index contributed by atoms with van der Waals surface area (Å²) in [5, 5.41) is 8.16. The second kappa shape index (κ2) is 7.16. The van der Waals surface area contributed by atoms with Crippen molar-refractivity contribution in [3.05, 3.63) is 69.3 Å². The molecule has 6 heteroatoms. The van der Waals surface area contributed by atoms with E-state index in [9.17, 15) is 9.59 Å². The van der Waals surface area contributed by atoms with Gasteiger partial charge in [-0.2, -0.15) is 5.10 Å². The normalized spacial score (nSPS) is 15.2. The Kier molecular flexibility index (Phi) is 5.07. The first-order chi connectivity index (χ1) is 12.7. The van der Waals surface area contributed by atoms with Crippen molar-refractivity contribution in [3.8, 4) is 5.69 Å². The fraction of sp³-hybridized carbons (Fsp3) is 0.286. The quantitative estimate of drug-likeness (QED) is 0.857. The van der Waals surface area contributed by atoms with Gasteiger partial charge in [0.1, 0.15) is 5.15 Å². The Labute approximate surface area is 163 Å². The summed E-state index contributed by atoms with van der Waals surface area (Å²) in [6, 6.07) is 9.54. The number of carbonyl (C=O) groups is 2. The van der Waals surface area contributed by atoms with Gasteiger partial charge in [0.15, 0.2) is 11.6 Å². The lowest BCUT2D eigenvalue weighted by Gasteiger charge is -2.30. The minimum absolute atomic E-state index is 0.0980. The van der Waals surface area contributed by atoms with Crippen molar-refractivity contribution >= 4 is 23.2 Å². The molecular formula is C21H22ClN3O2. The number of aryl methyl sites for hydroxylation is 1. The van der Waals surface area contributed by atoms with Crippen LogP contribution in [0.5, 0.6) is 0 Å². The number of para-hydroxylation sites is 1. The van der Waals surface area contributed by atoms with Crippen molar-refractivity contribution in [2.75, 3.05) is 0 Å². The Hall–Kier alpha value is -2.66. The molecule has 5 nitrogen and oxygen atoms in total. The summed E-state index contributed by atoms with van der Waals surface area (Å²) in [6.07, 6.45) is 0. The number of dihydropyridines is 1. The Morgan fingerprint density at radius 1 is 1.00 bits per heavy atom. The van der Waals surface area contributed by atoms with Crippen molar-refractivity contribution in [1.29, 1.82) is 0 Å². The van der Waals surface area contributed by atoms with Crippen molar-refractivity contribution < 1.29 is 9.59 Å². The van der Waals surface area contributed by atoms with Crippen LogP contribution in [0.25, 0.3) is 5.69 Å². The number of hydrogen-bond acceptors (Lipinski definition) is 4. The van der Waals surface area contributed by atoms with Crippen LogP contribution < -0.4 is 5.32 Å². The third kappa shape index (κ3) is 3.23. The van der Waals surface area contributed by atoms with Crippen LogP contribution in [-0.2, 0) is 9.59 Å². The van der Waals surface area contributed by atoms with Crippen LogP contribution in [0.3, 0.4) is 0 Å². The Morgan fingerprint density at radius 2 is 1.52 bits per heavy atom. The Bertz CT molecular complexity index is 964. The highest BCUT2D eigenvalue weighted by atomic mass is 35.5. The number of allylic oxidation sites excluding steroid dienone is 4. The molecule has 0 unspecified atom stereocenters. The van der Waals surface area contributed by atoms with E-state index in [0.29, 0.717) is 27.6 Å². The zero-order valence-corrected chi connectivity index (χ0v) is 16.8. The molecule has 3 rings (SSSR count). The van der Waals surface area contributed by atoms with Gasteiger partial charge in [0, 0.05) is 34.0 Å². The lowest BCUT2D eigenvalue weighted by atomic mass is 9.78. The highest BCUT2D eigenvalue weighted by molar-refractivity contribution is 6.31. The number of benzene rings is 1. The van der Waals surface area contributed by atoms with Crippen LogP contribution in [0, 0.1) is 6.92 Å². The Morgan fingerprint density at radius 3 is 2.00 bits per heavy atom. The Balaban J connectivity index is 2.29. The van der Waals surface area contributed by atoms with E-state index < -0.39 is 5.92 Å². The average Bonchev–Trinajstić information content (AvgIpc) is 2.88. The van der Waals surface area contributed by atoms with Gasteiger partial charge in [0.2, 0.25) is 0 Å². The van der Waals surface area contributed by atoms with Crippen molar-refractivity contribution in [2.24, 2.45) is 0 Å². The third-order valence-corrected chi connectivity index (χ3v) is 5.22. The van der Waals surface area contributed by atoms with Gasteiger partial charge >= 0.3 is 0 Å². The number of Topliss-reactive ketones (excluding diaryl/α,β-unsaturated/α-hetero) is 2. The van der Waals surface area contributed by atoms with Crippen LogP contribution in [0.15, 0.2) is 52.9 Å². The highest BCUT2D eigenvalue weighted by Crippen LogP contribution is 2.43. The average molecular weight is 384 g/mol. The number of hydrogen-bond donors (Lipinski definition) is 1. The van der Waals surface area contributed by atoms with Gasteiger partial charge in [-0.3, -0.25) is 9.59 Å². The van der Waals surface area contributed by atoms with Crippen LogP contribution >= 0.6 is 11.6 Å². The van der Waals surface area contributed by atoms with Gasteiger partial charge in [0.05, 0.1) is 11.4 Å². The fourth-order valence-corrected chi connectivity index (χ4v) is 4.18. The molecule has 0 saturated carbocycles. The minimum atomic E-state index is -0.536. The predicted molar refractivity (Wildman–Crippen MR) is 106 cm³/mol. The molecule has 27 heavy (non-hydrogen) atoms. The summed E-state index contributed by atoms with van der Waals surface area (Å²) in [5.74, 6) is -0.732. The summed E-state index contributed by atoms with van der Waals surface area (Å²) < 4.78 is 1.65. The zero-order valence-electron chi connectivity index (χ0n) is 16.1. The summed E-state index contributed by atoms with van der Waals surface area (Å²) in [5.41, 5.74) is 4.76. The van der Waals surface area contributed by atoms with Gasteiger partial charge in [0.25, 0.3) is 0 Å². The van der Waals surface area contributed by atoms with E-state index in [-0.39, 0.29) is 11.6 Å². The molecule has 1 N–H and O–H groups in total. The van der Waals surface area contributed by atoms with Gasteiger partial charge in [-0.15, -0.1) is 0 Å². The monoisotopic (exact) mass is 383 g/mol. The first kappa shape index (κ1) is 19.1. The smallest absolute Gasteiger partial charge is 0.158 e. The molecule has 0 aliphatic carbocycles. The number of nitrogens with one attached hydrogen (secondary N) is 1. The second-order valence-corrected chi connectivity index (χ2v) is 7.14. The largest absolute Gasteiger partial charge is 0.362 e. The molecule has 0 amide bonds. The standard InChI is InChI=1S/C21H22ClN3O2/c1-11-17(14(4)26)20(18(15(5)27)12(2)23-11)19-13(3)24-25(21(19)22)16-9-7-6-8-10-16/h6-10,20,23H,1-5H3. The van der Waals surface area contributed by atoms with E-state index in [2.05, 4.69) is 10.4 Å². The van der Waals surface area contributed by atoms with Gasteiger partial charge < -0.3 is 5.32 Å². The van der Waals surface area contributed by atoms with Crippen molar-refractivity contribution in [2.45, 2.75) is 40.5 Å². The molecule has 0 atom stereocenters. The zero-order chi connectivity index (χ0) is 19.9. The molecule has 140 valence electrons.